The van der Waals surface area contributed by atoms with Crippen molar-refractivity contribution in [2.45, 2.75) is 20.8 Å². The van der Waals surface area contributed by atoms with Gasteiger partial charge in [0.25, 0.3) is 5.91 Å². The Bertz CT molecular complexity index is 670. The molecule has 1 aliphatic heterocycles. The van der Waals surface area contributed by atoms with Gasteiger partial charge in [0.1, 0.15) is 10.1 Å². The number of hydrogen-bond acceptors (Lipinski definition) is 4. The van der Waals surface area contributed by atoms with Gasteiger partial charge in [-0.25, -0.2) is 0 Å². The van der Waals surface area contributed by atoms with Gasteiger partial charge >= 0.3 is 0 Å². The SMILES string of the molecule is COc1ccc(/C=C2\SC(=S)NC2=O)cc1/C=C/C(C)(C)C. The Morgan fingerprint density at radius 1 is 1.32 bits per heavy atom. The van der Waals surface area contributed by atoms with E-state index in [1.54, 1.807) is 7.11 Å². The molecule has 0 saturated carbocycles. The molecule has 0 unspecified atom stereocenters. The fraction of sp³-hybridized carbons (Fsp3) is 0.294. The molecule has 1 aromatic rings. The topological polar surface area (TPSA) is 38.3 Å². The maximum absolute atomic E-state index is 11.7. The zero-order valence-electron chi connectivity index (χ0n) is 13.1. The number of ether oxygens (including phenoxy) is 1. The van der Waals surface area contributed by atoms with E-state index >= 15 is 0 Å². The van der Waals surface area contributed by atoms with Crippen LogP contribution in [-0.2, 0) is 4.79 Å². The van der Waals surface area contributed by atoms with Gasteiger partial charge in [0.15, 0.2) is 0 Å². The lowest BCUT2D eigenvalue weighted by atomic mass is 9.95. The molecule has 5 heteroatoms. The predicted molar refractivity (Wildman–Crippen MR) is 97.8 cm³/mol. The van der Waals surface area contributed by atoms with E-state index in [0.29, 0.717) is 9.23 Å². The van der Waals surface area contributed by atoms with Gasteiger partial charge in [0, 0.05) is 5.56 Å². The summed E-state index contributed by atoms with van der Waals surface area (Å²) in [5.74, 6) is 0.666. The van der Waals surface area contributed by atoms with E-state index in [0.717, 1.165) is 16.9 Å². The Kier molecular flexibility index (Phi) is 5.08. The summed E-state index contributed by atoms with van der Waals surface area (Å²) >= 11 is 6.28. The molecule has 0 bridgehead atoms. The highest BCUT2D eigenvalue weighted by Crippen LogP contribution is 2.29. The first-order chi connectivity index (χ1) is 10.3. The van der Waals surface area contributed by atoms with E-state index in [2.05, 4.69) is 32.2 Å². The van der Waals surface area contributed by atoms with Crippen LogP contribution in [0, 0.1) is 5.41 Å². The molecule has 116 valence electrons. The Morgan fingerprint density at radius 2 is 2.05 bits per heavy atom. The third-order valence-corrected chi connectivity index (χ3v) is 4.12. The molecule has 0 radical (unpaired) electrons. The van der Waals surface area contributed by atoms with Gasteiger partial charge in [-0.3, -0.25) is 4.79 Å². The van der Waals surface area contributed by atoms with Gasteiger partial charge in [0.05, 0.1) is 12.0 Å². The first-order valence-electron chi connectivity index (χ1n) is 6.90. The molecule has 1 aliphatic rings. The summed E-state index contributed by atoms with van der Waals surface area (Å²) in [4.78, 5) is 12.3. The maximum atomic E-state index is 11.7. The normalized spacial score (nSPS) is 17.4. The lowest BCUT2D eigenvalue weighted by molar-refractivity contribution is -0.115. The van der Waals surface area contributed by atoms with Crippen LogP contribution in [0.2, 0.25) is 0 Å². The average molecular weight is 333 g/mol. The second-order valence-corrected chi connectivity index (χ2v) is 7.77. The van der Waals surface area contributed by atoms with E-state index in [4.69, 9.17) is 17.0 Å². The van der Waals surface area contributed by atoms with E-state index < -0.39 is 0 Å². The van der Waals surface area contributed by atoms with Crippen LogP contribution in [0.25, 0.3) is 12.2 Å². The Morgan fingerprint density at radius 3 is 2.59 bits per heavy atom. The van der Waals surface area contributed by atoms with Crippen molar-refractivity contribution in [3.05, 3.63) is 40.3 Å². The Hall–Kier alpha value is -1.59. The largest absolute Gasteiger partial charge is 0.496 e. The van der Waals surface area contributed by atoms with Gasteiger partial charge in [-0.1, -0.05) is 63.0 Å². The van der Waals surface area contributed by atoms with E-state index in [9.17, 15) is 4.79 Å². The molecular weight excluding hydrogens is 314 g/mol. The van der Waals surface area contributed by atoms with Crippen LogP contribution in [-0.4, -0.2) is 17.3 Å². The first kappa shape index (κ1) is 16.8. The summed E-state index contributed by atoms with van der Waals surface area (Å²) in [7, 11) is 1.65. The van der Waals surface area contributed by atoms with E-state index in [1.807, 2.05) is 30.4 Å². The quantitative estimate of drug-likeness (QED) is 0.663. The number of benzene rings is 1. The summed E-state index contributed by atoms with van der Waals surface area (Å²) in [5.41, 5.74) is 2.02. The molecule has 1 amide bonds. The molecule has 0 atom stereocenters. The van der Waals surface area contributed by atoms with E-state index in [-0.39, 0.29) is 11.3 Å². The molecule has 1 aromatic carbocycles. The molecule has 0 aliphatic carbocycles. The standard InChI is InChI=1S/C17H19NO2S2/c1-17(2,3)8-7-12-9-11(5-6-13(12)20-4)10-14-15(19)18-16(21)22-14/h5-10H,1-4H3,(H,18,19,21)/b8-7+,14-10-. The molecule has 2 rings (SSSR count). The van der Waals surface area contributed by atoms with Crippen molar-refractivity contribution in [3.63, 3.8) is 0 Å². The van der Waals surface area contributed by atoms with Crippen molar-refractivity contribution in [1.29, 1.82) is 0 Å². The van der Waals surface area contributed by atoms with E-state index in [1.165, 1.54) is 11.8 Å². The van der Waals surface area contributed by atoms with Crippen LogP contribution >= 0.6 is 24.0 Å². The number of hydrogen-bond donors (Lipinski definition) is 1. The van der Waals surface area contributed by atoms with Crippen LogP contribution in [0.3, 0.4) is 0 Å². The summed E-state index contributed by atoms with van der Waals surface area (Å²) in [6, 6.07) is 5.84. The van der Waals surface area contributed by atoms with Gasteiger partial charge in [-0.2, -0.15) is 0 Å². The second-order valence-electron chi connectivity index (χ2n) is 6.05. The fourth-order valence-corrected chi connectivity index (χ4v) is 2.93. The molecule has 1 fully saturated rings. The third-order valence-electron chi connectivity index (χ3n) is 2.96. The smallest absolute Gasteiger partial charge is 0.263 e. The van der Waals surface area contributed by atoms with Crippen molar-refractivity contribution in [3.8, 4) is 5.75 Å². The van der Waals surface area contributed by atoms with Crippen molar-refractivity contribution in [2.75, 3.05) is 7.11 Å². The number of rotatable bonds is 3. The lowest BCUT2D eigenvalue weighted by Crippen LogP contribution is -2.17. The minimum atomic E-state index is -0.141. The van der Waals surface area contributed by atoms with Gasteiger partial charge < -0.3 is 10.1 Å². The van der Waals surface area contributed by atoms with Gasteiger partial charge in [-0.15, -0.1) is 0 Å². The van der Waals surface area contributed by atoms with Crippen LogP contribution in [0.15, 0.2) is 29.2 Å². The average Bonchev–Trinajstić information content (AvgIpc) is 2.74. The number of amides is 1. The number of methoxy groups -OCH3 is 1. The second kappa shape index (κ2) is 6.67. The zero-order chi connectivity index (χ0) is 16.3. The summed E-state index contributed by atoms with van der Waals surface area (Å²) in [5, 5.41) is 2.62. The Balaban J connectivity index is 2.35. The summed E-state index contributed by atoms with van der Waals surface area (Å²) in [6.45, 7) is 6.42. The minimum absolute atomic E-state index is 0.0901. The van der Waals surface area contributed by atoms with Crippen molar-refractivity contribution in [2.24, 2.45) is 5.41 Å². The number of allylic oxidation sites excluding steroid dienone is 1. The van der Waals surface area contributed by atoms with Crippen LogP contribution in [0.1, 0.15) is 31.9 Å². The van der Waals surface area contributed by atoms with Gasteiger partial charge in [0.2, 0.25) is 0 Å². The monoisotopic (exact) mass is 333 g/mol. The molecule has 1 N–H and O–H groups in total. The lowest BCUT2D eigenvalue weighted by Gasteiger charge is -2.12. The minimum Gasteiger partial charge on any atom is -0.496 e. The molecule has 3 nitrogen and oxygen atoms in total. The fourth-order valence-electron chi connectivity index (χ4n) is 1.89. The van der Waals surface area contributed by atoms with Crippen molar-refractivity contribution < 1.29 is 9.53 Å². The van der Waals surface area contributed by atoms with Crippen LogP contribution < -0.4 is 10.1 Å². The summed E-state index contributed by atoms with van der Waals surface area (Å²) < 4.78 is 5.89. The van der Waals surface area contributed by atoms with Gasteiger partial charge in [-0.05, 0) is 29.2 Å². The number of carbonyl (C=O) groups is 1. The van der Waals surface area contributed by atoms with Crippen molar-refractivity contribution >= 4 is 46.4 Å². The molecule has 1 saturated heterocycles. The molecular formula is C17H19NO2S2. The molecule has 0 spiro atoms. The Labute approximate surface area is 140 Å². The zero-order valence-corrected chi connectivity index (χ0v) is 14.7. The molecule has 0 aromatic heterocycles. The predicted octanol–water partition coefficient (Wildman–Crippen LogP) is 4.24. The highest BCUT2D eigenvalue weighted by atomic mass is 32.2. The van der Waals surface area contributed by atoms with Crippen LogP contribution in [0.5, 0.6) is 5.75 Å². The third kappa shape index (κ3) is 4.45. The van der Waals surface area contributed by atoms with Crippen molar-refractivity contribution in [1.82, 2.24) is 5.32 Å². The highest BCUT2D eigenvalue weighted by molar-refractivity contribution is 8.26. The van der Waals surface area contributed by atoms with Crippen LogP contribution in [0.4, 0.5) is 0 Å². The summed E-state index contributed by atoms with van der Waals surface area (Å²) in [6.07, 6.45) is 6.02. The number of carbonyl (C=O) groups excluding carboxylic acids is 1. The maximum Gasteiger partial charge on any atom is 0.263 e. The number of thiocarbonyl (C=S) groups is 1. The molecule has 1 heterocycles. The number of thioether (sulfide) groups is 1. The molecule has 22 heavy (non-hydrogen) atoms. The number of nitrogens with one attached hydrogen (secondary N) is 1. The highest BCUT2D eigenvalue weighted by Gasteiger charge is 2.21. The first-order valence-corrected chi connectivity index (χ1v) is 8.13.